The molecule has 1 amide bonds. The highest BCUT2D eigenvalue weighted by Gasteiger charge is 2.60. The minimum Gasteiger partial charge on any atom is -0.354 e. The zero-order chi connectivity index (χ0) is 18.1. The Morgan fingerprint density at radius 3 is 2.24 bits per heavy atom. The van der Waals surface area contributed by atoms with E-state index in [1.54, 1.807) is 36.4 Å². The molecule has 0 saturated heterocycles. The molecule has 2 aromatic carbocycles. The first-order valence-corrected chi connectivity index (χ1v) is 10.1. The number of aryl methyl sites for hydroxylation is 1. The third kappa shape index (κ3) is 3.58. The predicted octanol–water partition coefficient (Wildman–Crippen LogP) is 3.31. The van der Waals surface area contributed by atoms with Crippen molar-refractivity contribution in [2.45, 2.75) is 35.8 Å². The van der Waals surface area contributed by atoms with Crippen molar-refractivity contribution in [2.24, 2.45) is 0 Å². The van der Waals surface area contributed by atoms with Gasteiger partial charge in [-0.1, -0.05) is 41.4 Å². The molecule has 1 aliphatic rings. The van der Waals surface area contributed by atoms with Crippen molar-refractivity contribution in [3.05, 3.63) is 64.7 Å². The topological polar surface area (TPSA) is 63.2 Å². The lowest BCUT2D eigenvalue weighted by Crippen LogP contribution is -2.42. The summed E-state index contributed by atoms with van der Waals surface area (Å²) in [6.45, 7) is 2.29. The average Bonchev–Trinajstić information content (AvgIpc) is 3.39. The van der Waals surface area contributed by atoms with E-state index in [1.807, 2.05) is 19.1 Å². The van der Waals surface area contributed by atoms with Crippen molar-refractivity contribution >= 4 is 27.3 Å². The maximum absolute atomic E-state index is 12.9. The minimum absolute atomic E-state index is 0.212. The first-order valence-electron chi connectivity index (χ1n) is 8.19. The zero-order valence-corrected chi connectivity index (χ0v) is 15.5. The molecule has 132 valence electrons. The highest BCUT2D eigenvalue weighted by Crippen LogP contribution is 2.47. The molecule has 1 fully saturated rings. The van der Waals surface area contributed by atoms with Crippen LogP contribution in [-0.2, 0) is 21.1 Å². The summed E-state index contributed by atoms with van der Waals surface area (Å²) in [6.07, 6.45) is 1.37. The number of halogens is 1. The second kappa shape index (κ2) is 6.81. The van der Waals surface area contributed by atoms with Crippen LogP contribution in [0.2, 0.25) is 5.02 Å². The van der Waals surface area contributed by atoms with Crippen LogP contribution >= 0.6 is 11.6 Å². The predicted molar refractivity (Wildman–Crippen MR) is 98.5 cm³/mol. The lowest BCUT2D eigenvalue weighted by molar-refractivity contribution is -0.121. The molecule has 1 N–H and O–H groups in total. The van der Waals surface area contributed by atoms with Crippen LogP contribution in [0.3, 0.4) is 0 Å². The molecule has 0 atom stereocenters. The number of benzene rings is 2. The number of carbonyl (C=O) groups is 1. The molecule has 0 bridgehead atoms. The van der Waals surface area contributed by atoms with Gasteiger partial charge in [-0.15, -0.1) is 0 Å². The monoisotopic (exact) mass is 377 g/mol. The SMILES string of the molecule is Cc1ccc(S(=O)(=O)C2(C(=O)NCCc3ccc(Cl)cc3)CC2)cc1. The van der Waals surface area contributed by atoms with Crippen molar-refractivity contribution in [3.8, 4) is 0 Å². The summed E-state index contributed by atoms with van der Waals surface area (Å²) in [6, 6.07) is 14.0. The molecular weight excluding hydrogens is 358 g/mol. The molecule has 0 aromatic heterocycles. The summed E-state index contributed by atoms with van der Waals surface area (Å²) in [4.78, 5) is 12.8. The molecule has 0 aliphatic heterocycles. The van der Waals surface area contributed by atoms with E-state index in [4.69, 9.17) is 11.6 Å². The number of nitrogens with one attached hydrogen (secondary N) is 1. The second-order valence-electron chi connectivity index (χ2n) is 6.44. The summed E-state index contributed by atoms with van der Waals surface area (Å²) in [5, 5.41) is 3.45. The number of sulfone groups is 1. The van der Waals surface area contributed by atoms with Gasteiger partial charge in [0.05, 0.1) is 4.90 Å². The summed E-state index contributed by atoms with van der Waals surface area (Å²) in [5.74, 6) is -0.401. The van der Waals surface area contributed by atoms with Crippen LogP contribution in [0.25, 0.3) is 0 Å². The van der Waals surface area contributed by atoms with Crippen LogP contribution < -0.4 is 5.32 Å². The molecule has 25 heavy (non-hydrogen) atoms. The number of hydrogen-bond donors (Lipinski definition) is 1. The summed E-state index contributed by atoms with van der Waals surface area (Å²) >= 11 is 5.85. The van der Waals surface area contributed by atoms with Crippen molar-refractivity contribution in [1.29, 1.82) is 0 Å². The molecule has 2 aromatic rings. The van der Waals surface area contributed by atoms with Gasteiger partial charge in [0.15, 0.2) is 14.6 Å². The van der Waals surface area contributed by atoms with Gasteiger partial charge in [0, 0.05) is 11.6 Å². The quantitative estimate of drug-likeness (QED) is 0.839. The largest absolute Gasteiger partial charge is 0.354 e. The van der Waals surface area contributed by atoms with Crippen molar-refractivity contribution < 1.29 is 13.2 Å². The summed E-state index contributed by atoms with van der Waals surface area (Å²) in [5.41, 5.74) is 2.02. The molecule has 0 spiro atoms. The van der Waals surface area contributed by atoms with E-state index in [0.29, 0.717) is 30.8 Å². The fourth-order valence-corrected chi connectivity index (χ4v) is 4.83. The lowest BCUT2D eigenvalue weighted by Gasteiger charge is -2.16. The maximum atomic E-state index is 12.9. The highest BCUT2D eigenvalue weighted by atomic mass is 35.5. The average molecular weight is 378 g/mol. The molecule has 0 heterocycles. The molecule has 0 radical (unpaired) electrons. The van der Waals surface area contributed by atoms with Crippen molar-refractivity contribution in [3.63, 3.8) is 0 Å². The number of hydrogen-bond acceptors (Lipinski definition) is 3. The number of amides is 1. The lowest BCUT2D eigenvalue weighted by atomic mass is 10.1. The van der Waals surface area contributed by atoms with Gasteiger partial charge in [0.1, 0.15) is 0 Å². The molecular formula is C19H20ClNO3S. The molecule has 4 nitrogen and oxygen atoms in total. The molecule has 1 aliphatic carbocycles. The number of carbonyl (C=O) groups excluding carboxylic acids is 1. The standard InChI is InChI=1S/C19H20ClNO3S/c1-14-2-8-17(9-3-14)25(23,24)19(11-12-19)18(22)21-13-10-15-4-6-16(20)7-5-15/h2-9H,10-13H2,1H3,(H,21,22). The third-order valence-corrected chi connectivity index (χ3v) is 7.34. The van der Waals surface area contributed by atoms with Gasteiger partial charge < -0.3 is 5.32 Å². The minimum atomic E-state index is -3.67. The van der Waals surface area contributed by atoms with Gasteiger partial charge in [-0.05, 0) is 56.0 Å². The Hall–Kier alpha value is -1.85. The normalized spacial score (nSPS) is 15.6. The Bertz CT molecular complexity index is 870. The second-order valence-corrected chi connectivity index (χ2v) is 9.14. The van der Waals surface area contributed by atoms with E-state index in [0.717, 1.165) is 11.1 Å². The number of rotatable bonds is 6. The van der Waals surface area contributed by atoms with Gasteiger partial charge in [0.25, 0.3) is 0 Å². The van der Waals surface area contributed by atoms with Gasteiger partial charge in [-0.25, -0.2) is 8.42 Å². The van der Waals surface area contributed by atoms with E-state index in [9.17, 15) is 13.2 Å². The van der Waals surface area contributed by atoms with Crippen LogP contribution in [0, 0.1) is 6.92 Å². The first kappa shape index (κ1) is 18.0. The molecule has 6 heteroatoms. The van der Waals surface area contributed by atoms with E-state index in [1.165, 1.54) is 0 Å². The van der Waals surface area contributed by atoms with Crippen LogP contribution in [0.1, 0.15) is 24.0 Å². The Balaban J connectivity index is 1.66. The highest BCUT2D eigenvalue weighted by molar-refractivity contribution is 7.94. The zero-order valence-electron chi connectivity index (χ0n) is 14.0. The maximum Gasteiger partial charge on any atom is 0.241 e. The van der Waals surface area contributed by atoms with Crippen LogP contribution in [0.15, 0.2) is 53.4 Å². The van der Waals surface area contributed by atoms with Gasteiger partial charge in [0.2, 0.25) is 5.91 Å². The van der Waals surface area contributed by atoms with Gasteiger partial charge in [-0.2, -0.15) is 0 Å². The van der Waals surface area contributed by atoms with Crippen molar-refractivity contribution in [2.75, 3.05) is 6.54 Å². The van der Waals surface area contributed by atoms with Crippen LogP contribution in [0.4, 0.5) is 0 Å². The smallest absolute Gasteiger partial charge is 0.241 e. The Morgan fingerprint density at radius 1 is 1.08 bits per heavy atom. The summed E-state index contributed by atoms with van der Waals surface area (Å²) < 4.78 is 24.4. The Labute approximate surface area is 153 Å². The molecule has 1 saturated carbocycles. The molecule has 3 rings (SSSR count). The first-order chi connectivity index (χ1) is 11.8. The fourth-order valence-electron chi connectivity index (χ4n) is 2.81. The molecule has 0 unspecified atom stereocenters. The summed E-state index contributed by atoms with van der Waals surface area (Å²) in [7, 11) is -3.67. The van der Waals surface area contributed by atoms with Crippen molar-refractivity contribution in [1.82, 2.24) is 5.32 Å². The van der Waals surface area contributed by atoms with E-state index in [2.05, 4.69) is 5.32 Å². The Kier molecular flexibility index (Phi) is 4.89. The van der Waals surface area contributed by atoms with Crippen LogP contribution in [-0.4, -0.2) is 25.6 Å². The van der Waals surface area contributed by atoms with E-state index in [-0.39, 0.29) is 4.90 Å². The van der Waals surface area contributed by atoms with E-state index < -0.39 is 20.5 Å². The fraction of sp³-hybridized carbons (Fsp3) is 0.316. The Morgan fingerprint density at radius 2 is 1.68 bits per heavy atom. The third-order valence-electron chi connectivity index (χ3n) is 4.58. The van der Waals surface area contributed by atoms with E-state index >= 15 is 0 Å². The van der Waals surface area contributed by atoms with Gasteiger partial charge >= 0.3 is 0 Å². The van der Waals surface area contributed by atoms with Crippen LogP contribution in [0.5, 0.6) is 0 Å². The van der Waals surface area contributed by atoms with Gasteiger partial charge in [-0.3, -0.25) is 4.79 Å².